The second-order valence-corrected chi connectivity index (χ2v) is 10.7. The maximum atomic E-state index is 13.0. The number of hydrogen-bond acceptors (Lipinski definition) is 8. The van der Waals surface area contributed by atoms with Crippen LogP contribution in [-0.2, 0) is 4.74 Å². The molecule has 6 rings (SSSR count). The molecule has 4 aromatic rings. The molecule has 0 amide bonds. The third-order valence-corrected chi connectivity index (χ3v) is 8.22. The number of rotatable bonds is 10. The average Bonchev–Trinajstić information content (AvgIpc) is 3.48. The zero-order valence-electron chi connectivity index (χ0n) is 23.6. The molecule has 1 radical (unpaired) electrons. The largest absolute Gasteiger partial charge is 0.495 e. The Hall–Kier alpha value is -3.85. The van der Waals surface area contributed by atoms with E-state index in [1.807, 2.05) is 66.7 Å². The molecule has 2 aromatic heterocycles. The standard InChI is InChI=1S/C30H35B2N6O3/c1-40-27-9-8-23(28(39)31-10-5-11-32-12-18-41-19-13-32)20-26(27)36-14-16-37(17-15-36)29-25-21-35-38(30(25)34-22-33-29)24-6-3-2-4-7-24/h2-4,6-9,20-22H,5,10-19H2,1H3. The number of hydrogen-bond donors (Lipinski definition) is 0. The minimum Gasteiger partial charge on any atom is -0.495 e. The quantitative estimate of drug-likeness (QED) is 0.214. The van der Waals surface area contributed by atoms with Gasteiger partial charge in [0, 0.05) is 45.0 Å². The minimum atomic E-state index is 0.0818. The number of carbonyl (C=O) groups excluding carboxylic acids is 1. The summed E-state index contributed by atoms with van der Waals surface area (Å²) in [6.07, 6.45) is 8.76. The second kappa shape index (κ2) is 12.8. The van der Waals surface area contributed by atoms with Gasteiger partial charge in [-0.05, 0) is 30.3 Å². The van der Waals surface area contributed by atoms with Gasteiger partial charge in [-0.15, -0.1) is 0 Å². The van der Waals surface area contributed by atoms with E-state index >= 15 is 0 Å². The Morgan fingerprint density at radius 3 is 2.59 bits per heavy atom. The normalized spacial score (nSPS) is 15.8. The smallest absolute Gasteiger partial charge is 0.209 e. The van der Waals surface area contributed by atoms with E-state index in [0.717, 1.165) is 112 Å². The average molecular weight is 549 g/mol. The van der Waals surface area contributed by atoms with E-state index in [0.29, 0.717) is 5.56 Å². The Kier molecular flexibility index (Phi) is 8.51. The van der Waals surface area contributed by atoms with Gasteiger partial charge in [-0.25, -0.2) is 14.6 Å². The molecule has 2 aliphatic rings. The van der Waals surface area contributed by atoms with Crippen molar-refractivity contribution in [3.05, 3.63) is 66.6 Å². The van der Waals surface area contributed by atoms with Gasteiger partial charge in [-0.2, -0.15) is 5.10 Å². The van der Waals surface area contributed by atoms with Crippen LogP contribution in [0.4, 0.5) is 11.5 Å². The highest BCUT2D eigenvalue weighted by Crippen LogP contribution is 2.32. The fourth-order valence-electron chi connectivity index (χ4n) is 5.88. The number of piperazine rings is 1. The van der Waals surface area contributed by atoms with Crippen LogP contribution in [0.5, 0.6) is 5.75 Å². The van der Waals surface area contributed by atoms with Gasteiger partial charge in [0.1, 0.15) is 30.3 Å². The SMILES string of the molecule is COc1ccc(C(=O)[B]CCCB2CCOCC2)cc1N1CCN(c2ncnc3c2cnn3-c2ccccc2)CC1. The highest BCUT2D eigenvalue weighted by Gasteiger charge is 2.24. The lowest BCUT2D eigenvalue weighted by Crippen LogP contribution is -2.47. The Morgan fingerprint density at radius 2 is 1.80 bits per heavy atom. The van der Waals surface area contributed by atoms with Crippen LogP contribution in [0.25, 0.3) is 16.7 Å². The maximum Gasteiger partial charge on any atom is 0.209 e. The van der Waals surface area contributed by atoms with Crippen LogP contribution in [0.3, 0.4) is 0 Å². The third kappa shape index (κ3) is 6.10. The predicted molar refractivity (Wildman–Crippen MR) is 165 cm³/mol. The van der Waals surface area contributed by atoms with Crippen molar-refractivity contribution >= 4 is 42.2 Å². The second-order valence-electron chi connectivity index (χ2n) is 10.7. The molecule has 2 aliphatic heterocycles. The Morgan fingerprint density at radius 1 is 1.02 bits per heavy atom. The van der Waals surface area contributed by atoms with E-state index < -0.39 is 0 Å². The third-order valence-electron chi connectivity index (χ3n) is 8.22. The van der Waals surface area contributed by atoms with E-state index in [1.165, 1.54) is 0 Å². The van der Waals surface area contributed by atoms with E-state index in [2.05, 4.69) is 24.9 Å². The first-order valence-electron chi connectivity index (χ1n) is 14.6. The van der Waals surface area contributed by atoms with Crippen molar-refractivity contribution in [1.82, 2.24) is 19.7 Å². The van der Waals surface area contributed by atoms with Crippen LogP contribution < -0.4 is 14.5 Å². The van der Waals surface area contributed by atoms with Gasteiger partial charge in [-0.3, -0.25) is 0 Å². The van der Waals surface area contributed by atoms with Crippen molar-refractivity contribution in [2.75, 3.05) is 56.3 Å². The summed E-state index contributed by atoms with van der Waals surface area (Å²) in [7, 11) is 3.53. The van der Waals surface area contributed by atoms with Crippen molar-refractivity contribution in [3.63, 3.8) is 0 Å². The number of fused-ring (bicyclic) bond motifs is 1. The molecule has 41 heavy (non-hydrogen) atoms. The summed E-state index contributed by atoms with van der Waals surface area (Å²) in [5, 5.41) is 5.54. The first-order valence-corrected chi connectivity index (χ1v) is 14.6. The van der Waals surface area contributed by atoms with E-state index in [4.69, 9.17) is 9.47 Å². The predicted octanol–water partition coefficient (Wildman–Crippen LogP) is 4.33. The molecule has 2 aromatic carbocycles. The fraction of sp³-hybridized carbons (Fsp3) is 0.400. The van der Waals surface area contributed by atoms with Crippen LogP contribution in [0.2, 0.25) is 25.3 Å². The maximum absolute atomic E-state index is 13.0. The highest BCUT2D eigenvalue weighted by atomic mass is 16.5. The molecule has 2 saturated heterocycles. The molecular weight excluding hydrogens is 514 g/mol. The summed E-state index contributed by atoms with van der Waals surface area (Å²) >= 11 is 0. The van der Waals surface area contributed by atoms with Crippen molar-refractivity contribution in [3.8, 4) is 11.4 Å². The summed E-state index contributed by atoms with van der Waals surface area (Å²) < 4.78 is 13.0. The molecule has 0 unspecified atom stereocenters. The highest BCUT2D eigenvalue weighted by molar-refractivity contribution is 6.77. The molecule has 0 saturated carbocycles. The molecule has 0 aliphatic carbocycles. The fourth-order valence-corrected chi connectivity index (χ4v) is 5.88. The van der Waals surface area contributed by atoms with Crippen molar-refractivity contribution in [2.24, 2.45) is 0 Å². The number of ether oxygens (including phenoxy) is 2. The number of para-hydroxylation sites is 1. The lowest BCUT2D eigenvalue weighted by atomic mass is 9.41. The molecule has 0 atom stereocenters. The topological polar surface area (TPSA) is 85.6 Å². The first-order chi connectivity index (χ1) is 20.2. The number of benzene rings is 2. The van der Waals surface area contributed by atoms with Crippen LogP contribution in [0.15, 0.2) is 61.1 Å². The van der Waals surface area contributed by atoms with E-state index in [9.17, 15) is 4.79 Å². The van der Waals surface area contributed by atoms with Gasteiger partial charge in [0.2, 0.25) is 7.28 Å². The minimum absolute atomic E-state index is 0.0818. The molecule has 11 heteroatoms. The van der Waals surface area contributed by atoms with Gasteiger partial charge in [0.25, 0.3) is 0 Å². The number of nitrogens with zero attached hydrogens (tertiary/aromatic N) is 6. The summed E-state index contributed by atoms with van der Waals surface area (Å²) in [4.78, 5) is 26.8. The molecule has 0 N–H and O–H groups in total. The molecule has 0 bridgehead atoms. The Balaban J connectivity index is 1.10. The zero-order valence-corrected chi connectivity index (χ0v) is 23.6. The van der Waals surface area contributed by atoms with Crippen molar-refractivity contribution in [1.29, 1.82) is 0 Å². The van der Waals surface area contributed by atoms with Gasteiger partial charge in [0.05, 0.1) is 30.1 Å². The Labute approximate surface area is 242 Å². The van der Waals surface area contributed by atoms with Crippen LogP contribution in [0.1, 0.15) is 16.8 Å². The van der Waals surface area contributed by atoms with Crippen molar-refractivity contribution in [2.45, 2.75) is 31.7 Å². The van der Waals surface area contributed by atoms with E-state index in [-0.39, 0.29) is 5.68 Å². The lowest BCUT2D eigenvalue weighted by molar-refractivity contribution is 0.107. The van der Waals surface area contributed by atoms with Gasteiger partial charge >= 0.3 is 0 Å². The summed E-state index contributed by atoms with van der Waals surface area (Å²) in [6.45, 7) is 5.60. The Bertz CT molecular complexity index is 1470. The molecule has 4 heterocycles. The molecule has 209 valence electrons. The summed E-state index contributed by atoms with van der Waals surface area (Å²) in [6, 6.07) is 15.8. The number of carbonyl (C=O) groups is 1. The van der Waals surface area contributed by atoms with Gasteiger partial charge in [0.15, 0.2) is 5.65 Å². The number of anilines is 2. The summed E-state index contributed by atoms with van der Waals surface area (Å²) in [5.74, 6) is 1.67. The molecular formula is C30H35B2N6O3. The lowest BCUT2D eigenvalue weighted by Gasteiger charge is -2.37. The number of methoxy groups -OCH3 is 1. The van der Waals surface area contributed by atoms with Crippen LogP contribution >= 0.6 is 0 Å². The van der Waals surface area contributed by atoms with Crippen LogP contribution in [-0.4, -0.2) is 85.9 Å². The van der Waals surface area contributed by atoms with Gasteiger partial charge < -0.3 is 24.1 Å². The monoisotopic (exact) mass is 549 g/mol. The summed E-state index contributed by atoms with van der Waals surface area (Å²) in [5.41, 5.74) is 3.51. The number of aromatic nitrogens is 4. The first kappa shape index (κ1) is 27.3. The molecule has 9 nitrogen and oxygen atoms in total. The van der Waals surface area contributed by atoms with Crippen molar-refractivity contribution < 1.29 is 14.3 Å². The molecule has 0 spiro atoms. The zero-order chi connectivity index (χ0) is 28.0. The van der Waals surface area contributed by atoms with E-state index in [1.54, 1.807) is 13.4 Å². The van der Waals surface area contributed by atoms with Gasteiger partial charge in [-0.1, -0.05) is 49.9 Å². The molecule has 2 fully saturated rings. The van der Waals surface area contributed by atoms with Crippen LogP contribution in [0, 0.1) is 0 Å².